The molecular formula is C15H24N2O2S2. The van der Waals surface area contributed by atoms with Crippen LogP contribution in [0.3, 0.4) is 0 Å². The first kappa shape index (κ1) is 16.8. The molecule has 0 saturated heterocycles. The maximum absolute atomic E-state index is 12.5. The van der Waals surface area contributed by atoms with E-state index in [9.17, 15) is 8.42 Å². The Hall–Kier alpha value is -0.560. The highest BCUT2D eigenvalue weighted by Gasteiger charge is 2.31. The summed E-state index contributed by atoms with van der Waals surface area (Å²) in [5.74, 6) is 1.02. The Morgan fingerprint density at radius 1 is 1.29 bits per heavy atom. The fourth-order valence-electron chi connectivity index (χ4n) is 2.74. The average Bonchev–Trinajstić information content (AvgIpc) is 2.87. The maximum Gasteiger partial charge on any atom is 0.240 e. The van der Waals surface area contributed by atoms with Crippen molar-refractivity contribution in [1.82, 2.24) is 4.72 Å². The number of hydrogen-bond acceptors (Lipinski definition) is 4. The molecule has 0 heterocycles. The second-order valence-electron chi connectivity index (χ2n) is 5.34. The third kappa shape index (κ3) is 4.45. The summed E-state index contributed by atoms with van der Waals surface area (Å²) in [5.41, 5.74) is 6.57. The zero-order chi connectivity index (χ0) is 15.3. The first-order chi connectivity index (χ1) is 10.1. The van der Waals surface area contributed by atoms with Gasteiger partial charge in [0.05, 0.1) is 4.90 Å². The minimum Gasteiger partial charge on any atom is -0.330 e. The van der Waals surface area contributed by atoms with Crippen LogP contribution in [0.15, 0.2) is 29.2 Å². The molecule has 3 N–H and O–H groups in total. The van der Waals surface area contributed by atoms with Crippen molar-refractivity contribution in [3.05, 3.63) is 29.8 Å². The normalized spacial score (nSPS) is 22.6. The molecule has 1 aliphatic rings. The fraction of sp³-hybridized carbons (Fsp3) is 0.600. The molecule has 0 spiro atoms. The minimum atomic E-state index is -3.42. The molecule has 2 rings (SSSR count). The summed E-state index contributed by atoms with van der Waals surface area (Å²) in [6.45, 7) is 2.69. The van der Waals surface area contributed by atoms with Crippen LogP contribution >= 0.6 is 11.8 Å². The predicted molar refractivity (Wildman–Crippen MR) is 89.1 cm³/mol. The molecule has 0 radical (unpaired) electrons. The lowest BCUT2D eigenvalue weighted by Crippen LogP contribution is -2.38. The van der Waals surface area contributed by atoms with E-state index in [0.29, 0.717) is 16.7 Å². The third-order valence-electron chi connectivity index (χ3n) is 3.81. The predicted octanol–water partition coefficient (Wildman–Crippen LogP) is 2.14. The number of benzene rings is 1. The minimum absolute atomic E-state index is 0.0590. The van der Waals surface area contributed by atoms with Gasteiger partial charge >= 0.3 is 0 Å². The van der Waals surface area contributed by atoms with E-state index in [1.54, 1.807) is 12.1 Å². The first-order valence-corrected chi connectivity index (χ1v) is 10.0. The lowest BCUT2D eigenvalue weighted by molar-refractivity contribution is 0.555. The zero-order valence-corrected chi connectivity index (χ0v) is 14.1. The Labute approximate surface area is 131 Å². The van der Waals surface area contributed by atoms with Crippen molar-refractivity contribution in [1.29, 1.82) is 0 Å². The van der Waals surface area contributed by atoms with Gasteiger partial charge < -0.3 is 5.73 Å². The topological polar surface area (TPSA) is 72.2 Å². The summed E-state index contributed by atoms with van der Waals surface area (Å²) < 4.78 is 27.8. The van der Waals surface area contributed by atoms with Gasteiger partial charge in [0.15, 0.2) is 0 Å². The number of nitrogens with two attached hydrogens (primary N) is 1. The monoisotopic (exact) mass is 328 g/mol. The molecule has 1 aromatic carbocycles. The summed E-state index contributed by atoms with van der Waals surface area (Å²) in [6.07, 6.45) is 3.90. The van der Waals surface area contributed by atoms with Crippen LogP contribution < -0.4 is 10.5 Å². The number of sulfonamides is 1. The van der Waals surface area contributed by atoms with Crippen LogP contribution in [-0.2, 0) is 16.4 Å². The van der Waals surface area contributed by atoms with E-state index in [0.717, 1.165) is 37.0 Å². The molecule has 0 aromatic heterocycles. The van der Waals surface area contributed by atoms with Crippen molar-refractivity contribution < 1.29 is 8.42 Å². The molecule has 2 atom stereocenters. The van der Waals surface area contributed by atoms with Gasteiger partial charge in [-0.25, -0.2) is 13.1 Å². The van der Waals surface area contributed by atoms with Gasteiger partial charge in [-0.15, -0.1) is 0 Å². The summed E-state index contributed by atoms with van der Waals surface area (Å²) in [5, 5.41) is 0.404. The molecule has 0 amide bonds. The Morgan fingerprint density at radius 2 is 2.00 bits per heavy atom. The average molecular weight is 329 g/mol. The second kappa shape index (κ2) is 7.63. The van der Waals surface area contributed by atoms with Crippen molar-refractivity contribution in [2.24, 2.45) is 5.73 Å². The number of rotatable bonds is 7. The molecule has 4 nitrogen and oxygen atoms in total. The van der Waals surface area contributed by atoms with E-state index in [4.69, 9.17) is 5.73 Å². The summed E-state index contributed by atoms with van der Waals surface area (Å²) in [7, 11) is -3.42. The molecule has 1 fully saturated rings. The Bertz CT molecular complexity index is 543. The van der Waals surface area contributed by atoms with Gasteiger partial charge in [-0.2, -0.15) is 11.8 Å². The molecule has 1 aliphatic carbocycles. The smallest absolute Gasteiger partial charge is 0.240 e. The van der Waals surface area contributed by atoms with Gasteiger partial charge in [-0.3, -0.25) is 0 Å². The molecule has 21 heavy (non-hydrogen) atoms. The van der Waals surface area contributed by atoms with E-state index in [2.05, 4.69) is 11.6 Å². The summed E-state index contributed by atoms with van der Waals surface area (Å²) >= 11 is 1.85. The molecule has 1 saturated carbocycles. The third-order valence-corrected chi connectivity index (χ3v) is 6.64. The van der Waals surface area contributed by atoms with Gasteiger partial charge in [-0.05, 0) is 49.3 Å². The van der Waals surface area contributed by atoms with E-state index < -0.39 is 10.0 Å². The zero-order valence-electron chi connectivity index (χ0n) is 12.4. The van der Waals surface area contributed by atoms with Gasteiger partial charge in [0.1, 0.15) is 0 Å². The molecule has 2 unspecified atom stereocenters. The fourth-order valence-corrected chi connectivity index (χ4v) is 5.34. The SMILES string of the molecule is CCSC1CCCC1NS(=O)(=O)c1ccc(CCN)cc1. The molecular weight excluding hydrogens is 304 g/mol. The van der Waals surface area contributed by atoms with Crippen molar-refractivity contribution in [2.45, 2.75) is 48.8 Å². The Morgan fingerprint density at radius 3 is 2.62 bits per heavy atom. The van der Waals surface area contributed by atoms with E-state index in [-0.39, 0.29) is 6.04 Å². The van der Waals surface area contributed by atoms with Crippen LogP contribution in [0.25, 0.3) is 0 Å². The van der Waals surface area contributed by atoms with Crippen LogP contribution in [-0.4, -0.2) is 32.0 Å². The van der Waals surface area contributed by atoms with E-state index in [1.807, 2.05) is 23.9 Å². The highest BCUT2D eigenvalue weighted by atomic mass is 32.2. The highest BCUT2D eigenvalue weighted by Crippen LogP contribution is 2.30. The largest absolute Gasteiger partial charge is 0.330 e. The van der Waals surface area contributed by atoms with Crippen molar-refractivity contribution in [3.8, 4) is 0 Å². The van der Waals surface area contributed by atoms with Crippen LogP contribution in [0.4, 0.5) is 0 Å². The summed E-state index contributed by atoms with van der Waals surface area (Å²) in [6, 6.07) is 7.08. The lowest BCUT2D eigenvalue weighted by Gasteiger charge is -2.20. The van der Waals surface area contributed by atoms with Crippen LogP contribution in [0, 0.1) is 0 Å². The van der Waals surface area contributed by atoms with Gasteiger partial charge in [0.25, 0.3) is 0 Å². The highest BCUT2D eigenvalue weighted by molar-refractivity contribution is 8.00. The van der Waals surface area contributed by atoms with Crippen molar-refractivity contribution in [3.63, 3.8) is 0 Å². The maximum atomic E-state index is 12.5. The number of hydrogen-bond donors (Lipinski definition) is 2. The van der Waals surface area contributed by atoms with Crippen LogP contribution in [0.1, 0.15) is 31.7 Å². The standard InChI is InChI=1S/C15H24N2O2S2/c1-2-20-15-5-3-4-14(15)17-21(18,19)13-8-6-12(7-9-13)10-11-16/h6-9,14-15,17H,2-5,10-11,16H2,1H3. The number of thioether (sulfide) groups is 1. The number of nitrogens with one attached hydrogen (secondary N) is 1. The Kier molecular flexibility index (Phi) is 6.10. The molecule has 0 aliphatic heterocycles. The molecule has 6 heteroatoms. The molecule has 1 aromatic rings. The van der Waals surface area contributed by atoms with E-state index >= 15 is 0 Å². The van der Waals surface area contributed by atoms with Crippen LogP contribution in [0.5, 0.6) is 0 Å². The second-order valence-corrected chi connectivity index (χ2v) is 8.57. The first-order valence-electron chi connectivity index (χ1n) is 7.49. The van der Waals surface area contributed by atoms with Gasteiger partial charge in [-0.1, -0.05) is 25.5 Å². The molecule has 118 valence electrons. The van der Waals surface area contributed by atoms with Crippen molar-refractivity contribution in [2.75, 3.05) is 12.3 Å². The van der Waals surface area contributed by atoms with Gasteiger partial charge in [0, 0.05) is 11.3 Å². The van der Waals surface area contributed by atoms with Crippen molar-refractivity contribution >= 4 is 21.8 Å². The quantitative estimate of drug-likeness (QED) is 0.804. The van der Waals surface area contributed by atoms with E-state index in [1.165, 1.54) is 0 Å². The Balaban J connectivity index is 2.07. The van der Waals surface area contributed by atoms with Gasteiger partial charge in [0.2, 0.25) is 10.0 Å². The summed E-state index contributed by atoms with van der Waals surface area (Å²) in [4.78, 5) is 0.343. The molecule has 0 bridgehead atoms. The lowest BCUT2D eigenvalue weighted by atomic mass is 10.2. The van der Waals surface area contributed by atoms with Crippen LogP contribution in [0.2, 0.25) is 0 Å².